The summed E-state index contributed by atoms with van der Waals surface area (Å²) in [6.45, 7) is 3.49. The molecule has 0 unspecified atom stereocenters. The first-order valence-electron chi connectivity index (χ1n) is 7.52. The van der Waals surface area contributed by atoms with Gasteiger partial charge in [-0.3, -0.25) is 14.5 Å². The SMILES string of the molecule is CC1(C)C(=O)Nc2ccccc2N1C(=O)CSc1ccccc1Cl. The Morgan fingerprint density at radius 3 is 2.58 bits per heavy atom. The number of fused-ring (bicyclic) bond motifs is 1. The summed E-state index contributed by atoms with van der Waals surface area (Å²) in [4.78, 5) is 27.7. The first-order chi connectivity index (χ1) is 11.4. The van der Waals surface area contributed by atoms with Crippen molar-refractivity contribution in [3.05, 3.63) is 53.6 Å². The van der Waals surface area contributed by atoms with Crippen molar-refractivity contribution < 1.29 is 9.59 Å². The standard InChI is InChI=1S/C18H17ClN2O2S/c1-18(2)17(23)20-13-8-4-5-9-14(13)21(18)16(22)11-24-15-10-6-3-7-12(15)19/h3-10H,11H2,1-2H3,(H,20,23). The third kappa shape index (κ3) is 3.01. The van der Waals surface area contributed by atoms with Crippen molar-refractivity contribution in [2.24, 2.45) is 0 Å². The average molecular weight is 361 g/mol. The van der Waals surface area contributed by atoms with E-state index in [-0.39, 0.29) is 17.6 Å². The highest BCUT2D eigenvalue weighted by Gasteiger charge is 2.43. The number of benzene rings is 2. The maximum absolute atomic E-state index is 12.9. The van der Waals surface area contributed by atoms with E-state index < -0.39 is 5.54 Å². The van der Waals surface area contributed by atoms with Gasteiger partial charge in [0.25, 0.3) is 0 Å². The number of para-hydroxylation sites is 2. The number of nitrogens with one attached hydrogen (secondary N) is 1. The minimum absolute atomic E-state index is 0.132. The number of hydrogen-bond donors (Lipinski definition) is 1. The van der Waals surface area contributed by atoms with Crippen LogP contribution in [0.5, 0.6) is 0 Å². The molecule has 4 nitrogen and oxygen atoms in total. The van der Waals surface area contributed by atoms with E-state index in [1.165, 1.54) is 11.8 Å². The summed E-state index contributed by atoms with van der Waals surface area (Å²) in [6.07, 6.45) is 0. The first kappa shape index (κ1) is 16.9. The molecule has 0 aliphatic carbocycles. The smallest absolute Gasteiger partial charge is 0.250 e. The van der Waals surface area contributed by atoms with Crippen LogP contribution in [-0.2, 0) is 9.59 Å². The Morgan fingerprint density at radius 1 is 1.17 bits per heavy atom. The summed E-state index contributed by atoms with van der Waals surface area (Å²) in [5.41, 5.74) is 0.414. The van der Waals surface area contributed by atoms with Crippen molar-refractivity contribution in [2.45, 2.75) is 24.3 Å². The highest BCUT2D eigenvalue weighted by molar-refractivity contribution is 8.00. The summed E-state index contributed by atoms with van der Waals surface area (Å²) in [6, 6.07) is 14.7. The number of rotatable bonds is 3. The predicted octanol–water partition coefficient (Wildman–Crippen LogP) is 4.20. The zero-order valence-electron chi connectivity index (χ0n) is 13.4. The summed E-state index contributed by atoms with van der Waals surface area (Å²) in [5, 5.41) is 3.47. The molecular formula is C18H17ClN2O2S. The van der Waals surface area contributed by atoms with E-state index in [0.717, 1.165) is 4.90 Å². The van der Waals surface area contributed by atoms with E-state index in [2.05, 4.69) is 5.32 Å². The molecule has 0 radical (unpaired) electrons. The minimum atomic E-state index is -0.952. The van der Waals surface area contributed by atoms with Crippen LogP contribution in [0.4, 0.5) is 11.4 Å². The van der Waals surface area contributed by atoms with Gasteiger partial charge in [0.1, 0.15) is 5.54 Å². The Morgan fingerprint density at radius 2 is 1.83 bits per heavy atom. The molecule has 1 heterocycles. The maximum atomic E-state index is 12.9. The lowest BCUT2D eigenvalue weighted by Gasteiger charge is -2.42. The van der Waals surface area contributed by atoms with Crippen LogP contribution in [0.2, 0.25) is 5.02 Å². The second kappa shape index (κ2) is 6.49. The highest BCUT2D eigenvalue weighted by Crippen LogP contribution is 2.37. The number of carbonyl (C=O) groups is 2. The molecule has 2 amide bonds. The number of amides is 2. The van der Waals surface area contributed by atoms with Crippen molar-refractivity contribution in [3.63, 3.8) is 0 Å². The topological polar surface area (TPSA) is 49.4 Å². The molecule has 124 valence electrons. The predicted molar refractivity (Wildman–Crippen MR) is 98.8 cm³/mol. The van der Waals surface area contributed by atoms with Gasteiger partial charge in [-0.1, -0.05) is 35.9 Å². The molecule has 0 aromatic heterocycles. The Labute approximate surface area is 150 Å². The quantitative estimate of drug-likeness (QED) is 0.835. The fourth-order valence-corrected chi connectivity index (χ4v) is 3.75. The number of nitrogens with zero attached hydrogens (tertiary/aromatic N) is 1. The molecule has 1 aliphatic heterocycles. The van der Waals surface area contributed by atoms with Gasteiger partial charge in [-0.05, 0) is 38.1 Å². The van der Waals surface area contributed by atoms with Gasteiger partial charge in [0.15, 0.2) is 0 Å². The Balaban J connectivity index is 1.87. The molecule has 0 bridgehead atoms. The highest BCUT2D eigenvalue weighted by atomic mass is 35.5. The Bertz CT molecular complexity index is 807. The third-order valence-electron chi connectivity index (χ3n) is 3.95. The molecule has 2 aromatic rings. The van der Waals surface area contributed by atoms with Crippen LogP contribution < -0.4 is 10.2 Å². The van der Waals surface area contributed by atoms with Crippen molar-refractivity contribution in [2.75, 3.05) is 16.0 Å². The maximum Gasteiger partial charge on any atom is 0.250 e. The molecule has 24 heavy (non-hydrogen) atoms. The van der Waals surface area contributed by atoms with Gasteiger partial charge in [0, 0.05) is 4.90 Å². The van der Waals surface area contributed by atoms with Crippen molar-refractivity contribution in [1.82, 2.24) is 0 Å². The van der Waals surface area contributed by atoms with Crippen LogP contribution in [0.3, 0.4) is 0 Å². The van der Waals surface area contributed by atoms with Crippen molar-refractivity contribution in [3.8, 4) is 0 Å². The Kier molecular flexibility index (Phi) is 4.56. The van der Waals surface area contributed by atoms with E-state index in [1.807, 2.05) is 36.4 Å². The lowest BCUT2D eigenvalue weighted by molar-refractivity contribution is -0.125. The summed E-state index contributed by atoms with van der Waals surface area (Å²) >= 11 is 7.51. The van der Waals surface area contributed by atoms with Gasteiger partial charge in [-0.25, -0.2) is 0 Å². The second-order valence-electron chi connectivity index (χ2n) is 5.98. The number of hydrogen-bond acceptors (Lipinski definition) is 3. The van der Waals surface area contributed by atoms with Crippen LogP contribution in [0.25, 0.3) is 0 Å². The van der Waals surface area contributed by atoms with Gasteiger partial charge in [-0.15, -0.1) is 11.8 Å². The minimum Gasteiger partial charge on any atom is -0.322 e. The number of anilines is 2. The van der Waals surface area contributed by atoms with Crippen LogP contribution in [0, 0.1) is 0 Å². The normalized spacial score (nSPS) is 15.6. The van der Waals surface area contributed by atoms with E-state index in [9.17, 15) is 9.59 Å². The molecule has 0 saturated heterocycles. The van der Waals surface area contributed by atoms with Crippen LogP contribution >= 0.6 is 23.4 Å². The monoisotopic (exact) mass is 360 g/mol. The van der Waals surface area contributed by atoms with Gasteiger partial charge < -0.3 is 5.32 Å². The van der Waals surface area contributed by atoms with Gasteiger partial charge in [0.2, 0.25) is 11.8 Å². The van der Waals surface area contributed by atoms with E-state index in [1.54, 1.807) is 30.9 Å². The second-order valence-corrected chi connectivity index (χ2v) is 7.40. The Hall–Kier alpha value is -1.98. The first-order valence-corrected chi connectivity index (χ1v) is 8.88. The summed E-state index contributed by atoms with van der Waals surface area (Å²) < 4.78 is 0. The fraction of sp³-hybridized carbons (Fsp3) is 0.222. The van der Waals surface area contributed by atoms with Crippen molar-refractivity contribution >= 4 is 46.6 Å². The van der Waals surface area contributed by atoms with Gasteiger partial charge in [0.05, 0.1) is 22.2 Å². The number of carbonyl (C=O) groups excluding carboxylic acids is 2. The molecule has 3 rings (SSSR count). The molecule has 6 heteroatoms. The van der Waals surface area contributed by atoms with E-state index in [0.29, 0.717) is 16.4 Å². The van der Waals surface area contributed by atoms with Crippen molar-refractivity contribution in [1.29, 1.82) is 0 Å². The van der Waals surface area contributed by atoms with Gasteiger partial charge >= 0.3 is 0 Å². The largest absolute Gasteiger partial charge is 0.322 e. The molecule has 0 atom stereocenters. The van der Waals surface area contributed by atoms with Crippen LogP contribution in [-0.4, -0.2) is 23.1 Å². The molecule has 2 aromatic carbocycles. The third-order valence-corrected chi connectivity index (χ3v) is 5.44. The zero-order chi connectivity index (χ0) is 17.3. The zero-order valence-corrected chi connectivity index (χ0v) is 14.9. The fourth-order valence-electron chi connectivity index (χ4n) is 2.66. The summed E-state index contributed by atoms with van der Waals surface area (Å²) in [7, 11) is 0. The molecule has 1 aliphatic rings. The van der Waals surface area contributed by atoms with E-state index in [4.69, 9.17) is 11.6 Å². The average Bonchev–Trinajstić information content (AvgIpc) is 2.55. The molecule has 0 fully saturated rings. The molecule has 1 N–H and O–H groups in total. The van der Waals surface area contributed by atoms with Crippen LogP contribution in [0.15, 0.2) is 53.4 Å². The molecule has 0 saturated carbocycles. The molecule has 0 spiro atoms. The van der Waals surface area contributed by atoms with Gasteiger partial charge in [-0.2, -0.15) is 0 Å². The van der Waals surface area contributed by atoms with E-state index >= 15 is 0 Å². The van der Waals surface area contributed by atoms with Crippen LogP contribution in [0.1, 0.15) is 13.8 Å². The molecular weight excluding hydrogens is 344 g/mol. The summed E-state index contributed by atoms with van der Waals surface area (Å²) in [5.74, 6) is -0.126. The lowest BCUT2D eigenvalue weighted by atomic mass is 9.96. The lowest BCUT2D eigenvalue weighted by Crippen LogP contribution is -2.58. The number of halogens is 1. The number of thioether (sulfide) groups is 1.